The first-order valence-electron chi connectivity index (χ1n) is 5.24. The zero-order valence-electron chi connectivity index (χ0n) is 8.58. The van der Waals surface area contributed by atoms with E-state index in [0.29, 0.717) is 11.1 Å². The number of hydrogen-bond donors (Lipinski definition) is 1. The molecule has 1 aromatic rings. The van der Waals surface area contributed by atoms with Gasteiger partial charge in [-0.3, -0.25) is 4.79 Å². The second-order valence-corrected chi connectivity index (χ2v) is 4.61. The van der Waals surface area contributed by atoms with Crippen molar-refractivity contribution in [3.63, 3.8) is 0 Å². The summed E-state index contributed by atoms with van der Waals surface area (Å²) < 4.78 is 27.1. The lowest BCUT2D eigenvalue weighted by Crippen LogP contribution is -2.10. The van der Waals surface area contributed by atoms with Gasteiger partial charge in [-0.2, -0.15) is 0 Å². The van der Waals surface area contributed by atoms with Crippen LogP contribution in [-0.4, -0.2) is 11.1 Å². The van der Waals surface area contributed by atoms with E-state index in [9.17, 15) is 13.6 Å². The Morgan fingerprint density at radius 2 is 1.81 bits per heavy atom. The van der Waals surface area contributed by atoms with E-state index in [1.165, 1.54) is 0 Å². The van der Waals surface area contributed by atoms with Crippen molar-refractivity contribution in [2.24, 2.45) is 11.8 Å². The molecule has 0 radical (unpaired) electrons. The second-order valence-electron chi connectivity index (χ2n) is 4.61. The van der Waals surface area contributed by atoms with E-state index < -0.39 is 23.5 Å². The van der Waals surface area contributed by atoms with Gasteiger partial charge < -0.3 is 5.11 Å². The van der Waals surface area contributed by atoms with E-state index >= 15 is 0 Å². The zero-order valence-corrected chi connectivity index (χ0v) is 8.58. The van der Waals surface area contributed by atoms with Gasteiger partial charge in [0.05, 0.1) is 5.92 Å². The number of hydrogen-bond acceptors (Lipinski definition) is 1. The minimum absolute atomic E-state index is 0.126. The number of fused-ring (bicyclic) bond motifs is 3. The molecule has 3 rings (SSSR count). The predicted octanol–water partition coefficient (Wildman–Crippen LogP) is 2.50. The second kappa shape index (κ2) is 2.81. The van der Waals surface area contributed by atoms with Crippen LogP contribution >= 0.6 is 0 Å². The van der Waals surface area contributed by atoms with Gasteiger partial charge in [0.2, 0.25) is 0 Å². The molecule has 0 heterocycles. The molecule has 1 N–H and O–H groups in total. The van der Waals surface area contributed by atoms with Gasteiger partial charge in [0.15, 0.2) is 0 Å². The lowest BCUT2D eigenvalue weighted by molar-refractivity contribution is -0.139. The van der Waals surface area contributed by atoms with Crippen LogP contribution in [0.5, 0.6) is 0 Å². The maximum Gasteiger partial charge on any atom is 0.307 e. The normalized spacial score (nSPS) is 34.4. The van der Waals surface area contributed by atoms with Gasteiger partial charge in [-0.1, -0.05) is 6.92 Å². The molecule has 2 aliphatic carbocycles. The minimum Gasteiger partial charge on any atom is -0.481 e. The van der Waals surface area contributed by atoms with E-state index in [0.717, 1.165) is 12.1 Å². The summed E-state index contributed by atoms with van der Waals surface area (Å²) in [6.07, 6.45) is 0. The summed E-state index contributed by atoms with van der Waals surface area (Å²) in [5, 5.41) is 8.95. The minimum atomic E-state index is -0.906. The largest absolute Gasteiger partial charge is 0.481 e. The summed E-state index contributed by atoms with van der Waals surface area (Å²) in [5.41, 5.74) is 0.678. The molecule has 1 fully saturated rings. The number of carboxylic acid groups (broad SMARTS) is 1. The average molecular weight is 224 g/mol. The Morgan fingerprint density at radius 3 is 2.38 bits per heavy atom. The highest BCUT2D eigenvalue weighted by atomic mass is 19.1. The highest BCUT2D eigenvalue weighted by molar-refractivity contribution is 5.78. The molecule has 0 spiro atoms. The van der Waals surface area contributed by atoms with Gasteiger partial charge in [-0.15, -0.1) is 0 Å². The summed E-state index contributed by atoms with van der Waals surface area (Å²) in [4.78, 5) is 10.9. The maximum absolute atomic E-state index is 13.6. The predicted molar refractivity (Wildman–Crippen MR) is 52.1 cm³/mol. The Hall–Kier alpha value is -1.45. The first-order chi connectivity index (χ1) is 7.54. The van der Waals surface area contributed by atoms with Crippen LogP contribution < -0.4 is 0 Å². The molecule has 0 aromatic heterocycles. The maximum atomic E-state index is 13.6. The van der Waals surface area contributed by atoms with E-state index in [-0.39, 0.29) is 17.8 Å². The molecule has 84 valence electrons. The smallest absolute Gasteiger partial charge is 0.307 e. The Bertz CT molecular complexity index is 498. The Kier molecular flexibility index (Phi) is 1.71. The highest BCUT2D eigenvalue weighted by Gasteiger charge is 2.64. The highest BCUT2D eigenvalue weighted by Crippen LogP contribution is 2.67. The van der Waals surface area contributed by atoms with Gasteiger partial charge in [0.25, 0.3) is 0 Å². The molecule has 16 heavy (non-hydrogen) atoms. The van der Waals surface area contributed by atoms with Crippen LogP contribution in [0.2, 0.25) is 0 Å². The van der Waals surface area contributed by atoms with E-state index in [1.807, 2.05) is 0 Å². The van der Waals surface area contributed by atoms with Gasteiger partial charge in [-0.05, 0) is 35.1 Å². The van der Waals surface area contributed by atoms with E-state index in [4.69, 9.17) is 5.11 Å². The lowest BCUT2D eigenvalue weighted by atomic mass is 9.94. The van der Waals surface area contributed by atoms with Crippen molar-refractivity contribution in [3.8, 4) is 0 Å². The third-order valence-electron chi connectivity index (χ3n) is 3.91. The number of aliphatic carboxylic acids is 1. The SMILES string of the molecule is C[C@H]1c2c(F)ccc(F)c2[C@@H]2[C@H](C(=O)O)[C@@H]21. The molecule has 0 amide bonds. The molecule has 2 aliphatic rings. The molecule has 2 nitrogen and oxygen atoms in total. The number of halogens is 2. The molecule has 0 saturated heterocycles. The van der Waals surface area contributed by atoms with Crippen molar-refractivity contribution in [1.29, 1.82) is 0 Å². The molecule has 0 bridgehead atoms. The average Bonchev–Trinajstić information content (AvgIpc) is 2.88. The lowest BCUT2D eigenvalue weighted by Gasteiger charge is -2.12. The third kappa shape index (κ3) is 0.970. The molecule has 4 heteroatoms. The molecule has 1 aromatic carbocycles. The molecular formula is C12H10F2O2. The number of carbonyl (C=O) groups is 1. The van der Waals surface area contributed by atoms with Gasteiger partial charge in [-0.25, -0.2) is 8.78 Å². The van der Waals surface area contributed by atoms with Gasteiger partial charge >= 0.3 is 5.97 Å². The number of benzene rings is 1. The Morgan fingerprint density at radius 1 is 1.25 bits per heavy atom. The summed E-state index contributed by atoms with van der Waals surface area (Å²) in [6, 6.07) is 2.20. The fourth-order valence-electron chi connectivity index (χ4n) is 3.22. The van der Waals surface area contributed by atoms with Crippen molar-refractivity contribution >= 4 is 5.97 Å². The van der Waals surface area contributed by atoms with Crippen LogP contribution in [0.4, 0.5) is 8.78 Å². The van der Waals surface area contributed by atoms with Crippen LogP contribution in [0, 0.1) is 23.5 Å². The first kappa shape index (κ1) is 9.75. The first-order valence-corrected chi connectivity index (χ1v) is 5.24. The van der Waals surface area contributed by atoms with E-state index in [1.54, 1.807) is 6.92 Å². The fourth-order valence-corrected chi connectivity index (χ4v) is 3.22. The van der Waals surface area contributed by atoms with Crippen LogP contribution in [-0.2, 0) is 4.79 Å². The molecular weight excluding hydrogens is 214 g/mol. The van der Waals surface area contributed by atoms with Crippen molar-refractivity contribution in [2.75, 3.05) is 0 Å². The molecule has 0 unspecified atom stereocenters. The van der Waals surface area contributed by atoms with Gasteiger partial charge in [0, 0.05) is 5.92 Å². The monoisotopic (exact) mass is 224 g/mol. The van der Waals surface area contributed by atoms with E-state index in [2.05, 4.69) is 0 Å². The van der Waals surface area contributed by atoms with Crippen LogP contribution in [0.25, 0.3) is 0 Å². The van der Waals surface area contributed by atoms with Crippen molar-refractivity contribution in [2.45, 2.75) is 18.8 Å². The van der Waals surface area contributed by atoms with Crippen LogP contribution in [0.15, 0.2) is 12.1 Å². The molecule has 1 saturated carbocycles. The van der Waals surface area contributed by atoms with Crippen LogP contribution in [0.1, 0.15) is 29.9 Å². The van der Waals surface area contributed by atoms with Crippen molar-refractivity contribution in [3.05, 3.63) is 34.9 Å². The quantitative estimate of drug-likeness (QED) is 0.795. The van der Waals surface area contributed by atoms with Crippen LogP contribution in [0.3, 0.4) is 0 Å². The Balaban J connectivity index is 2.15. The topological polar surface area (TPSA) is 37.3 Å². The zero-order chi connectivity index (χ0) is 11.6. The van der Waals surface area contributed by atoms with Crippen molar-refractivity contribution in [1.82, 2.24) is 0 Å². The van der Waals surface area contributed by atoms with Gasteiger partial charge in [0.1, 0.15) is 11.6 Å². The molecule has 4 atom stereocenters. The standard InChI is InChI=1S/C12H10F2O2/c1-4-7-5(13)2-3-6(14)9(7)10-8(4)11(10)12(15)16/h2-4,8,10-11H,1H3,(H,15,16)/t4-,8+,10+,11+/m0/s1. The fraction of sp³-hybridized carbons (Fsp3) is 0.417. The number of carboxylic acids is 1. The summed E-state index contributed by atoms with van der Waals surface area (Å²) in [6.45, 7) is 1.77. The Labute approximate surface area is 90.9 Å². The molecule has 0 aliphatic heterocycles. The van der Waals surface area contributed by atoms with Crippen molar-refractivity contribution < 1.29 is 18.7 Å². The summed E-state index contributed by atoms with van der Waals surface area (Å²) in [5.74, 6) is -2.97. The summed E-state index contributed by atoms with van der Waals surface area (Å²) >= 11 is 0. The third-order valence-corrected chi connectivity index (χ3v) is 3.91. The number of rotatable bonds is 1. The summed E-state index contributed by atoms with van der Waals surface area (Å²) in [7, 11) is 0.